The van der Waals surface area contributed by atoms with Crippen LogP contribution in [0.1, 0.15) is 38.5 Å². The molecule has 0 heterocycles. The quantitative estimate of drug-likeness (QED) is 0.574. The Morgan fingerprint density at radius 3 is 2.38 bits per heavy atom. The molecule has 2 aromatic rings. The molecule has 3 rings (SSSR count). The van der Waals surface area contributed by atoms with Gasteiger partial charge in [-0.1, -0.05) is 74.6 Å². The van der Waals surface area contributed by atoms with Crippen LogP contribution in [-0.2, 0) is 0 Å². The summed E-state index contributed by atoms with van der Waals surface area (Å²) in [5.41, 5.74) is 2.64. The smallest absolute Gasteiger partial charge is 0.00781 e. The largest absolute Gasteiger partial charge is 0.126 e. The van der Waals surface area contributed by atoms with E-state index < -0.39 is 0 Å². The maximum atomic E-state index is 2.33. The average Bonchev–Trinajstić information content (AvgIpc) is 2.57. The van der Waals surface area contributed by atoms with Gasteiger partial charge in [0.2, 0.25) is 0 Å². The number of rotatable bonds is 5. The van der Waals surface area contributed by atoms with E-state index >= 15 is 0 Å². The summed E-state index contributed by atoms with van der Waals surface area (Å²) in [4.78, 5) is 1.41. The highest BCUT2D eigenvalue weighted by atomic mass is 32.2. The molecular weight excluding hydrogens is 272 g/mol. The zero-order valence-electron chi connectivity index (χ0n) is 12.6. The van der Waals surface area contributed by atoms with Gasteiger partial charge in [0.1, 0.15) is 0 Å². The molecule has 0 spiro atoms. The second kappa shape index (κ2) is 7.70. The molecular formula is C20H24S. The van der Waals surface area contributed by atoms with Crippen molar-refractivity contribution in [2.24, 2.45) is 5.92 Å². The molecule has 0 N–H and O–H groups in total. The van der Waals surface area contributed by atoms with Crippen molar-refractivity contribution in [1.82, 2.24) is 0 Å². The lowest BCUT2D eigenvalue weighted by Crippen LogP contribution is -2.06. The molecule has 2 aromatic carbocycles. The fourth-order valence-corrected chi connectivity index (χ4v) is 4.29. The molecule has 110 valence electrons. The molecule has 0 saturated heterocycles. The van der Waals surface area contributed by atoms with Crippen LogP contribution in [0, 0.1) is 5.92 Å². The zero-order chi connectivity index (χ0) is 14.3. The monoisotopic (exact) mass is 296 g/mol. The van der Waals surface area contributed by atoms with E-state index in [-0.39, 0.29) is 0 Å². The molecule has 0 amide bonds. The van der Waals surface area contributed by atoms with Crippen molar-refractivity contribution in [3.05, 3.63) is 54.6 Å². The van der Waals surface area contributed by atoms with Crippen molar-refractivity contribution in [2.45, 2.75) is 43.4 Å². The van der Waals surface area contributed by atoms with E-state index in [1.807, 2.05) is 11.8 Å². The van der Waals surface area contributed by atoms with Gasteiger partial charge in [-0.25, -0.2) is 0 Å². The van der Waals surface area contributed by atoms with Gasteiger partial charge in [-0.05, 0) is 41.4 Å². The summed E-state index contributed by atoms with van der Waals surface area (Å²) in [6, 6.07) is 19.6. The molecule has 1 saturated carbocycles. The Bertz CT molecular complexity index is 541. The third-order valence-electron chi connectivity index (χ3n) is 4.46. The number of benzene rings is 2. The molecule has 0 radical (unpaired) electrons. The predicted molar refractivity (Wildman–Crippen MR) is 93.8 cm³/mol. The van der Waals surface area contributed by atoms with Crippen LogP contribution >= 0.6 is 11.8 Å². The molecule has 0 aromatic heterocycles. The molecule has 1 aliphatic rings. The van der Waals surface area contributed by atoms with Crippen LogP contribution in [0.2, 0.25) is 0 Å². The van der Waals surface area contributed by atoms with Gasteiger partial charge in [0.15, 0.2) is 0 Å². The van der Waals surface area contributed by atoms with E-state index in [0.717, 1.165) is 5.92 Å². The van der Waals surface area contributed by atoms with E-state index in [1.54, 1.807) is 0 Å². The lowest BCUT2D eigenvalue weighted by molar-refractivity contribution is 0.351. The highest BCUT2D eigenvalue weighted by molar-refractivity contribution is 7.99. The van der Waals surface area contributed by atoms with E-state index in [4.69, 9.17) is 0 Å². The van der Waals surface area contributed by atoms with Crippen LogP contribution < -0.4 is 0 Å². The van der Waals surface area contributed by atoms with Gasteiger partial charge < -0.3 is 0 Å². The van der Waals surface area contributed by atoms with E-state index in [2.05, 4.69) is 54.6 Å². The first kappa shape index (κ1) is 14.7. The first-order valence-electron chi connectivity index (χ1n) is 8.20. The van der Waals surface area contributed by atoms with Crippen LogP contribution in [0.4, 0.5) is 0 Å². The topological polar surface area (TPSA) is 0 Å². The van der Waals surface area contributed by atoms with Crippen molar-refractivity contribution >= 4 is 11.8 Å². The summed E-state index contributed by atoms with van der Waals surface area (Å²) in [7, 11) is 0. The second-order valence-corrected chi connectivity index (χ2v) is 7.20. The Morgan fingerprint density at radius 1 is 0.810 bits per heavy atom. The van der Waals surface area contributed by atoms with E-state index in [9.17, 15) is 0 Å². The van der Waals surface area contributed by atoms with Crippen LogP contribution in [0.5, 0.6) is 0 Å². The SMILES string of the molecule is c1ccc(-c2cccc(SCCC3CCCCC3)c2)cc1. The van der Waals surface area contributed by atoms with Crippen molar-refractivity contribution in [3.8, 4) is 11.1 Å². The van der Waals surface area contributed by atoms with Gasteiger partial charge in [-0.15, -0.1) is 11.8 Å². The molecule has 1 aliphatic carbocycles. The molecule has 0 nitrogen and oxygen atoms in total. The summed E-state index contributed by atoms with van der Waals surface area (Å²) in [5.74, 6) is 2.26. The normalized spacial score (nSPS) is 16.0. The van der Waals surface area contributed by atoms with Crippen molar-refractivity contribution in [2.75, 3.05) is 5.75 Å². The standard InChI is InChI=1S/C20H24S/c1-3-8-17(9-4-1)14-15-21-20-13-7-12-19(16-20)18-10-5-2-6-11-18/h2,5-7,10-13,16-17H,1,3-4,8-9,14-15H2. The van der Waals surface area contributed by atoms with Crippen molar-refractivity contribution < 1.29 is 0 Å². The molecule has 0 bridgehead atoms. The van der Waals surface area contributed by atoms with Crippen molar-refractivity contribution in [3.63, 3.8) is 0 Å². The van der Waals surface area contributed by atoms with Crippen LogP contribution in [0.25, 0.3) is 11.1 Å². The van der Waals surface area contributed by atoms with Crippen LogP contribution in [-0.4, -0.2) is 5.75 Å². The Labute approximate surface area is 133 Å². The summed E-state index contributed by atoms with van der Waals surface area (Å²) in [6.07, 6.45) is 8.69. The van der Waals surface area contributed by atoms with E-state index in [0.29, 0.717) is 0 Å². The van der Waals surface area contributed by atoms with Gasteiger partial charge >= 0.3 is 0 Å². The fraction of sp³-hybridized carbons (Fsp3) is 0.400. The predicted octanol–water partition coefficient (Wildman–Crippen LogP) is 6.42. The van der Waals surface area contributed by atoms with Gasteiger partial charge in [0, 0.05) is 4.90 Å². The molecule has 0 unspecified atom stereocenters. The number of thioether (sulfide) groups is 1. The Morgan fingerprint density at radius 2 is 1.57 bits per heavy atom. The minimum absolute atomic E-state index is 0.989. The molecule has 21 heavy (non-hydrogen) atoms. The Balaban J connectivity index is 1.56. The third kappa shape index (κ3) is 4.38. The highest BCUT2D eigenvalue weighted by Gasteiger charge is 2.12. The molecule has 1 heteroatoms. The Hall–Kier alpha value is -1.21. The first-order chi connectivity index (χ1) is 10.4. The molecule has 0 atom stereocenters. The molecule has 0 aliphatic heterocycles. The zero-order valence-corrected chi connectivity index (χ0v) is 13.4. The van der Waals surface area contributed by atoms with Gasteiger partial charge in [-0.2, -0.15) is 0 Å². The summed E-state index contributed by atoms with van der Waals surface area (Å²) in [5, 5.41) is 0. The highest BCUT2D eigenvalue weighted by Crippen LogP contribution is 2.30. The minimum Gasteiger partial charge on any atom is -0.126 e. The van der Waals surface area contributed by atoms with Crippen molar-refractivity contribution in [1.29, 1.82) is 0 Å². The lowest BCUT2D eigenvalue weighted by Gasteiger charge is -2.21. The van der Waals surface area contributed by atoms with Gasteiger partial charge in [-0.3, -0.25) is 0 Å². The summed E-state index contributed by atoms with van der Waals surface area (Å²) < 4.78 is 0. The van der Waals surface area contributed by atoms with Gasteiger partial charge in [0.05, 0.1) is 0 Å². The minimum atomic E-state index is 0.989. The number of hydrogen-bond donors (Lipinski definition) is 0. The first-order valence-corrected chi connectivity index (χ1v) is 9.19. The van der Waals surface area contributed by atoms with Crippen LogP contribution in [0.3, 0.4) is 0 Å². The van der Waals surface area contributed by atoms with Crippen LogP contribution in [0.15, 0.2) is 59.5 Å². The number of hydrogen-bond acceptors (Lipinski definition) is 1. The average molecular weight is 296 g/mol. The summed E-state index contributed by atoms with van der Waals surface area (Å²) in [6.45, 7) is 0. The van der Waals surface area contributed by atoms with E-state index in [1.165, 1.54) is 60.3 Å². The summed E-state index contributed by atoms with van der Waals surface area (Å²) >= 11 is 2.02. The Kier molecular flexibility index (Phi) is 5.40. The van der Waals surface area contributed by atoms with Gasteiger partial charge in [0.25, 0.3) is 0 Å². The fourth-order valence-electron chi connectivity index (χ4n) is 3.22. The third-order valence-corrected chi connectivity index (χ3v) is 5.49. The maximum Gasteiger partial charge on any atom is 0.00781 e. The molecule has 1 fully saturated rings. The second-order valence-electron chi connectivity index (χ2n) is 6.04. The lowest BCUT2D eigenvalue weighted by atomic mass is 9.88. The maximum absolute atomic E-state index is 2.33.